The summed E-state index contributed by atoms with van der Waals surface area (Å²) in [7, 11) is -4.17. The highest BCUT2D eigenvalue weighted by Gasteiger charge is 2.31. The molecule has 0 atom stereocenters. The van der Waals surface area contributed by atoms with Crippen molar-refractivity contribution in [3.8, 4) is 5.75 Å². The van der Waals surface area contributed by atoms with E-state index in [1.807, 2.05) is 31.2 Å². The molecule has 0 aromatic heterocycles. The Morgan fingerprint density at radius 1 is 0.969 bits per heavy atom. The Morgan fingerprint density at radius 2 is 1.62 bits per heavy atom. The van der Waals surface area contributed by atoms with Gasteiger partial charge >= 0.3 is 0 Å². The molecule has 0 aliphatic heterocycles. The van der Waals surface area contributed by atoms with Crippen molar-refractivity contribution in [1.82, 2.24) is 0 Å². The first kappa shape index (κ1) is 23.8. The van der Waals surface area contributed by atoms with Gasteiger partial charge in [0.15, 0.2) is 6.61 Å². The molecule has 0 aliphatic rings. The van der Waals surface area contributed by atoms with Crippen LogP contribution in [-0.2, 0) is 21.2 Å². The first-order chi connectivity index (χ1) is 15.3. The Kier molecular flexibility index (Phi) is 7.94. The van der Waals surface area contributed by atoms with Gasteiger partial charge in [0.25, 0.3) is 15.9 Å². The second-order valence-corrected chi connectivity index (χ2v) is 9.66. The summed E-state index contributed by atoms with van der Waals surface area (Å²) in [5.74, 6) is -0.163. The third-order valence-electron chi connectivity index (χ3n) is 5.01. The number of unbranched alkanes of at least 4 members (excludes halogenated alkanes) is 1. The van der Waals surface area contributed by atoms with Gasteiger partial charge in [0.2, 0.25) is 0 Å². The number of carbonyl (C=O) groups excluding carboxylic acids is 1. The fourth-order valence-electron chi connectivity index (χ4n) is 3.22. The molecule has 0 aliphatic carbocycles. The summed E-state index contributed by atoms with van der Waals surface area (Å²) < 4.78 is 33.3. The fraction of sp³-hybridized carbons (Fsp3) is 0.240. The highest BCUT2D eigenvalue weighted by atomic mass is 35.5. The second kappa shape index (κ2) is 10.7. The van der Waals surface area contributed by atoms with E-state index < -0.39 is 22.5 Å². The third-order valence-corrected chi connectivity index (χ3v) is 7.03. The zero-order valence-corrected chi connectivity index (χ0v) is 19.7. The topological polar surface area (TPSA) is 63.7 Å². The summed E-state index contributed by atoms with van der Waals surface area (Å²) >= 11 is 5.92. The molecule has 3 aromatic rings. The highest BCUT2D eigenvalue weighted by molar-refractivity contribution is 7.93. The molecule has 0 heterocycles. The summed E-state index contributed by atoms with van der Waals surface area (Å²) in [5.41, 5.74) is 2.20. The summed E-state index contributed by atoms with van der Waals surface area (Å²) in [6.07, 6.45) is 2.99. The van der Waals surface area contributed by atoms with Crippen molar-refractivity contribution in [2.75, 3.05) is 10.9 Å². The molecular weight excluding hydrogens is 446 g/mol. The van der Waals surface area contributed by atoms with Gasteiger partial charge in [0.1, 0.15) is 5.75 Å². The van der Waals surface area contributed by atoms with E-state index in [0.29, 0.717) is 10.8 Å². The van der Waals surface area contributed by atoms with Crippen LogP contribution in [0.15, 0.2) is 77.7 Å². The van der Waals surface area contributed by atoms with Crippen molar-refractivity contribution in [2.45, 2.75) is 38.0 Å². The number of aryl methyl sites for hydroxylation is 2. The number of rotatable bonds is 9. The predicted octanol–water partition coefficient (Wildman–Crippen LogP) is 5.79. The van der Waals surface area contributed by atoms with Crippen LogP contribution < -0.4 is 9.04 Å². The molecule has 3 aromatic carbocycles. The maximum Gasteiger partial charge on any atom is 0.278 e. The average Bonchev–Trinajstić information content (AvgIpc) is 2.78. The third kappa shape index (κ3) is 5.69. The minimum absolute atomic E-state index is 0.0267. The number of ether oxygens (including phenoxy) is 1. The van der Waals surface area contributed by atoms with E-state index in [2.05, 4.69) is 6.92 Å². The van der Waals surface area contributed by atoms with Gasteiger partial charge in [-0.3, -0.25) is 4.79 Å². The van der Waals surface area contributed by atoms with E-state index >= 15 is 0 Å². The predicted molar refractivity (Wildman–Crippen MR) is 128 cm³/mol. The van der Waals surface area contributed by atoms with Gasteiger partial charge in [0.05, 0.1) is 10.6 Å². The molecule has 5 nitrogen and oxygen atoms in total. The van der Waals surface area contributed by atoms with Crippen molar-refractivity contribution < 1.29 is 17.9 Å². The Morgan fingerprint density at radius 3 is 2.25 bits per heavy atom. The van der Waals surface area contributed by atoms with Gasteiger partial charge < -0.3 is 4.74 Å². The number of benzene rings is 3. The van der Waals surface area contributed by atoms with Crippen molar-refractivity contribution >= 4 is 33.2 Å². The SMILES string of the molecule is CCCCc1ccc(N(C(=O)COc2ccccc2C)S(=O)(=O)c2ccc(Cl)cc2)cc1. The van der Waals surface area contributed by atoms with E-state index in [1.54, 1.807) is 24.3 Å². The van der Waals surface area contributed by atoms with Crippen LogP contribution in [0.25, 0.3) is 0 Å². The monoisotopic (exact) mass is 471 g/mol. The van der Waals surface area contributed by atoms with E-state index in [4.69, 9.17) is 16.3 Å². The smallest absolute Gasteiger partial charge is 0.278 e. The lowest BCUT2D eigenvalue weighted by molar-refractivity contribution is -0.119. The summed E-state index contributed by atoms with van der Waals surface area (Å²) in [5, 5.41) is 0.407. The number of carbonyl (C=O) groups is 1. The van der Waals surface area contributed by atoms with Crippen LogP contribution in [0.2, 0.25) is 5.02 Å². The van der Waals surface area contributed by atoms with Gasteiger partial charge in [0, 0.05) is 5.02 Å². The van der Waals surface area contributed by atoms with E-state index in [-0.39, 0.29) is 10.6 Å². The molecule has 0 N–H and O–H groups in total. The largest absolute Gasteiger partial charge is 0.483 e. The van der Waals surface area contributed by atoms with Crippen LogP contribution in [0.5, 0.6) is 5.75 Å². The quantitative estimate of drug-likeness (QED) is 0.396. The Bertz CT molecular complexity index is 1160. The Labute approximate surface area is 194 Å². The standard InChI is InChI=1S/C25H26ClNO4S/c1-3-4-8-20-10-14-22(15-11-20)27(32(29,30)23-16-12-21(26)13-17-23)25(28)18-31-24-9-6-5-7-19(24)2/h5-7,9-17H,3-4,8,18H2,1-2H3. The number of para-hydroxylation sites is 1. The van der Waals surface area contributed by atoms with Gasteiger partial charge in [-0.15, -0.1) is 0 Å². The van der Waals surface area contributed by atoms with Crippen molar-refractivity contribution in [1.29, 1.82) is 0 Å². The molecule has 0 radical (unpaired) electrons. The van der Waals surface area contributed by atoms with Gasteiger partial charge in [-0.2, -0.15) is 4.31 Å². The molecule has 0 unspecified atom stereocenters. The summed E-state index contributed by atoms with van der Waals surface area (Å²) in [4.78, 5) is 13.1. The van der Waals surface area contributed by atoms with Crippen LogP contribution in [0.3, 0.4) is 0 Å². The molecule has 0 saturated carbocycles. The lowest BCUT2D eigenvalue weighted by atomic mass is 10.1. The van der Waals surface area contributed by atoms with Crippen LogP contribution >= 0.6 is 11.6 Å². The molecule has 0 fully saturated rings. The number of halogens is 1. The average molecular weight is 472 g/mol. The zero-order chi connectivity index (χ0) is 23.1. The minimum atomic E-state index is -4.17. The Hall–Kier alpha value is -2.83. The first-order valence-corrected chi connectivity index (χ1v) is 12.3. The maximum atomic E-state index is 13.4. The second-order valence-electron chi connectivity index (χ2n) is 7.44. The number of nitrogens with zero attached hydrogens (tertiary/aromatic N) is 1. The normalized spacial score (nSPS) is 11.2. The number of hydrogen-bond acceptors (Lipinski definition) is 4. The van der Waals surface area contributed by atoms with Gasteiger partial charge in [-0.25, -0.2) is 8.42 Å². The van der Waals surface area contributed by atoms with Crippen molar-refractivity contribution in [3.05, 3.63) is 88.9 Å². The van der Waals surface area contributed by atoms with Crippen molar-refractivity contribution in [2.24, 2.45) is 0 Å². The lowest BCUT2D eigenvalue weighted by Gasteiger charge is -2.23. The number of sulfonamides is 1. The number of amides is 1. The number of hydrogen-bond donors (Lipinski definition) is 0. The Balaban J connectivity index is 1.94. The minimum Gasteiger partial charge on any atom is -0.483 e. The molecule has 168 valence electrons. The summed E-state index contributed by atoms with van der Waals surface area (Å²) in [6, 6.07) is 20.0. The zero-order valence-electron chi connectivity index (χ0n) is 18.1. The molecule has 0 saturated heterocycles. The maximum absolute atomic E-state index is 13.4. The van der Waals surface area contributed by atoms with Gasteiger partial charge in [-0.05, 0) is 73.4 Å². The molecule has 7 heteroatoms. The van der Waals surface area contributed by atoms with Gasteiger partial charge in [-0.1, -0.05) is 55.3 Å². The molecule has 32 heavy (non-hydrogen) atoms. The van der Waals surface area contributed by atoms with Crippen LogP contribution in [-0.4, -0.2) is 20.9 Å². The first-order valence-electron chi connectivity index (χ1n) is 10.4. The molecular formula is C25H26ClNO4S. The molecule has 3 rings (SSSR count). The van der Waals surface area contributed by atoms with Crippen molar-refractivity contribution in [3.63, 3.8) is 0 Å². The fourth-order valence-corrected chi connectivity index (χ4v) is 4.76. The van der Waals surface area contributed by atoms with Crippen LogP contribution in [0.1, 0.15) is 30.9 Å². The van der Waals surface area contributed by atoms with Crippen LogP contribution in [0, 0.1) is 6.92 Å². The lowest BCUT2D eigenvalue weighted by Crippen LogP contribution is -2.40. The van der Waals surface area contributed by atoms with E-state index in [1.165, 1.54) is 24.3 Å². The van der Waals surface area contributed by atoms with E-state index in [9.17, 15) is 13.2 Å². The number of anilines is 1. The molecule has 1 amide bonds. The molecule has 0 bridgehead atoms. The summed E-state index contributed by atoms with van der Waals surface area (Å²) in [6.45, 7) is 3.55. The highest BCUT2D eigenvalue weighted by Crippen LogP contribution is 2.26. The van der Waals surface area contributed by atoms with E-state index in [0.717, 1.165) is 34.7 Å². The molecule has 0 spiro atoms. The van der Waals surface area contributed by atoms with Crippen LogP contribution in [0.4, 0.5) is 5.69 Å².